The van der Waals surface area contributed by atoms with E-state index >= 15 is 0 Å². The largest absolute Gasteiger partial charge is 0.465 e. The second-order valence-corrected chi connectivity index (χ2v) is 6.01. The summed E-state index contributed by atoms with van der Waals surface area (Å²) in [5.74, 6) is -0.419. The van der Waals surface area contributed by atoms with Crippen molar-refractivity contribution in [2.24, 2.45) is 0 Å². The van der Waals surface area contributed by atoms with Crippen molar-refractivity contribution in [3.05, 3.63) is 54.1 Å². The van der Waals surface area contributed by atoms with E-state index < -0.39 is 0 Å². The van der Waals surface area contributed by atoms with E-state index in [0.29, 0.717) is 18.5 Å². The van der Waals surface area contributed by atoms with Crippen LogP contribution < -0.4 is 15.5 Å². The molecular formula is C21H27N3O3. The predicted molar refractivity (Wildman–Crippen MR) is 110 cm³/mol. The summed E-state index contributed by atoms with van der Waals surface area (Å²) in [7, 11) is 1.35. The number of ether oxygens (including phenoxy) is 1. The summed E-state index contributed by atoms with van der Waals surface area (Å²) in [4.78, 5) is 25.7. The lowest BCUT2D eigenvalue weighted by Gasteiger charge is -2.21. The number of nitrogens with zero attached hydrogens (tertiary/aromatic N) is 1. The number of benzene rings is 2. The molecule has 1 amide bonds. The van der Waals surface area contributed by atoms with Gasteiger partial charge in [-0.1, -0.05) is 0 Å². The van der Waals surface area contributed by atoms with Gasteiger partial charge in [-0.2, -0.15) is 0 Å². The first kappa shape index (κ1) is 20.3. The van der Waals surface area contributed by atoms with Gasteiger partial charge in [-0.15, -0.1) is 0 Å². The van der Waals surface area contributed by atoms with Gasteiger partial charge in [-0.3, -0.25) is 4.79 Å². The van der Waals surface area contributed by atoms with Gasteiger partial charge in [-0.25, -0.2) is 4.79 Å². The van der Waals surface area contributed by atoms with Gasteiger partial charge in [0.2, 0.25) is 5.91 Å². The standard InChI is InChI=1S/C21H27N3O3/c1-4-24(5-2)19-12-10-18(11-13-19)23-20(25)14-15-22-17-8-6-16(7-9-17)21(26)27-3/h6-13,22H,4-5,14-15H2,1-3H3,(H,23,25). The topological polar surface area (TPSA) is 70.7 Å². The van der Waals surface area contributed by atoms with Crippen LogP contribution in [0.1, 0.15) is 30.6 Å². The van der Waals surface area contributed by atoms with E-state index in [1.807, 2.05) is 24.3 Å². The maximum atomic E-state index is 12.1. The quantitative estimate of drug-likeness (QED) is 0.659. The van der Waals surface area contributed by atoms with Crippen LogP contribution in [0.2, 0.25) is 0 Å². The maximum Gasteiger partial charge on any atom is 0.337 e. The smallest absolute Gasteiger partial charge is 0.337 e. The van der Waals surface area contributed by atoms with Gasteiger partial charge in [-0.05, 0) is 62.4 Å². The molecule has 0 aliphatic rings. The number of rotatable bonds is 9. The van der Waals surface area contributed by atoms with Crippen LogP contribution in [-0.4, -0.2) is 38.6 Å². The Morgan fingerprint density at radius 3 is 2.07 bits per heavy atom. The second kappa shape index (κ2) is 10.2. The first-order valence-corrected chi connectivity index (χ1v) is 9.14. The fourth-order valence-corrected chi connectivity index (χ4v) is 2.73. The van der Waals surface area contributed by atoms with Crippen molar-refractivity contribution in [1.29, 1.82) is 0 Å². The molecule has 2 rings (SSSR count). The molecule has 2 aromatic carbocycles. The minimum Gasteiger partial charge on any atom is -0.465 e. The van der Waals surface area contributed by atoms with Crippen LogP contribution in [0.25, 0.3) is 0 Å². The Balaban J connectivity index is 1.78. The fourth-order valence-electron chi connectivity index (χ4n) is 2.73. The highest BCUT2D eigenvalue weighted by molar-refractivity contribution is 5.91. The van der Waals surface area contributed by atoms with Gasteiger partial charge < -0.3 is 20.3 Å². The molecule has 144 valence electrons. The number of hydrogen-bond donors (Lipinski definition) is 2. The molecule has 0 saturated heterocycles. The van der Waals surface area contributed by atoms with Crippen LogP contribution in [0.3, 0.4) is 0 Å². The summed E-state index contributed by atoms with van der Waals surface area (Å²) in [5, 5.41) is 6.07. The summed E-state index contributed by atoms with van der Waals surface area (Å²) in [5.41, 5.74) is 3.28. The van der Waals surface area contributed by atoms with Crippen LogP contribution in [-0.2, 0) is 9.53 Å². The van der Waals surface area contributed by atoms with E-state index in [-0.39, 0.29) is 11.9 Å². The summed E-state index contributed by atoms with van der Waals surface area (Å²) in [6, 6.07) is 14.8. The minimum atomic E-state index is -0.368. The van der Waals surface area contributed by atoms with Crippen molar-refractivity contribution in [1.82, 2.24) is 0 Å². The minimum absolute atomic E-state index is 0.0516. The third kappa shape index (κ3) is 6.02. The third-order valence-corrected chi connectivity index (χ3v) is 4.27. The van der Waals surface area contributed by atoms with Crippen LogP contribution in [0.4, 0.5) is 17.1 Å². The molecule has 0 aromatic heterocycles. The predicted octanol–water partition coefficient (Wildman–Crippen LogP) is 3.76. The highest BCUT2D eigenvalue weighted by atomic mass is 16.5. The first-order chi connectivity index (χ1) is 13.1. The van der Waals surface area contributed by atoms with Crippen LogP contribution >= 0.6 is 0 Å². The molecular weight excluding hydrogens is 342 g/mol. The van der Waals surface area contributed by atoms with Crippen LogP contribution in [0.5, 0.6) is 0 Å². The van der Waals surface area contributed by atoms with Crippen molar-refractivity contribution in [2.75, 3.05) is 42.3 Å². The zero-order valence-corrected chi connectivity index (χ0v) is 16.1. The number of carbonyl (C=O) groups is 2. The highest BCUT2D eigenvalue weighted by Crippen LogP contribution is 2.18. The van der Waals surface area contributed by atoms with E-state index in [2.05, 4.69) is 34.1 Å². The van der Waals surface area contributed by atoms with Crippen LogP contribution in [0.15, 0.2) is 48.5 Å². The summed E-state index contributed by atoms with van der Waals surface area (Å²) >= 11 is 0. The average Bonchev–Trinajstić information content (AvgIpc) is 2.70. The number of amides is 1. The van der Waals surface area contributed by atoms with Crippen molar-refractivity contribution in [3.8, 4) is 0 Å². The summed E-state index contributed by atoms with van der Waals surface area (Å²) < 4.78 is 4.66. The summed E-state index contributed by atoms with van der Waals surface area (Å²) in [6.07, 6.45) is 0.344. The van der Waals surface area contributed by atoms with Gasteiger partial charge in [0.15, 0.2) is 0 Å². The molecule has 0 bridgehead atoms. The summed E-state index contributed by atoms with van der Waals surface area (Å²) in [6.45, 7) is 6.65. The molecule has 0 radical (unpaired) electrons. The molecule has 2 aromatic rings. The normalized spacial score (nSPS) is 10.2. The molecule has 2 N–H and O–H groups in total. The fraction of sp³-hybridized carbons (Fsp3) is 0.333. The lowest BCUT2D eigenvalue weighted by molar-refractivity contribution is -0.115. The molecule has 27 heavy (non-hydrogen) atoms. The molecule has 0 heterocycles. The average molecular weight is 369 g/mol. The highest BCUT2D eigenvalue weighted by Gasteiger charge is 2.06. The van der Waals surface area contributed by atoms with Gasteiger partial charge in [0, 0.05) is 43.1 Å². The SMILES string of the molecule is CCN(CC)c1ccc(NC(=O)CCNc2ccc(C(=O)OC)cc2)cc1. The third-order valence-electron chi connectivity index (χ3n) is 4.27. The van der Waals surface area contributed by atoms with E-state index in [1.54, 1.807) is 24.3 Å². The Hall–Kier alpha value is -3.02. The van der Waals surface area contributed by atoms with Crippen LogP contribution in [0, 0.1) is 0 Å². The van der Waals surface area contributed by atoms with E-state index in [4.69, 9.17) is 0 Å². The molecule has 0 saturated carbocycles. The number of carbonyl (C=O) groups excluding carboxylic acids is 2. The van der Waals surface area contributed by atoms with Crippen molar-refractivity contribution < 1.29 is 14.3 Å². The maximum absolute atomic E-state index is 12.1. The molecule has 0 aliphatic carbocycles. The Morgan fingerprint density at radius 1 is 0.926 bits per heavy atom. The molecule has 0 fully saturated rings. The molecule has 0 atom stereocenters. The zero-order valence-electron chi connectivity index (χ0n) is 16.1. The van der Waals surface area contributed by atoms with Gasteiger partial charge in [0.1, 0.15) is 0 Å². The van der Waals surface area contributed by atoms with E-state index in [1.165, 1.54) is 7.11 Å². The van der Waals surface area contributed by atoms with Gasteiger partial charge >= 0.3 is 5.97 Å². The number of methoxy groups -OCH3 is 1. The Labute approximate surface area is 160 Å². The molecule has 6 heteroatoms. The van der Waals surface area contributed by atoms with Gasteiger partial charge in [0.05, 0.1) is 12.7 Å². The number of hydrogen-bond acceptors (Lipinski definition) is 5. The Kier molecular flexibility index (Phi) is 7.67. The molecule has 0 unspecified atom stereocenters. The van der Waals surface area contributed by atoms with E-state index in [9.17, 15) is 9.59 Å². The second-order valence-electron chi connectivity index (χ2n) is 6.01. The van der Waals surface area contributed by atoms with Crippen molar-refractivity contribution in [2.45, 2.75) is 20.3 Å². The first-order valence-electron chi connectivity index (χ1n) is 9.14. The van der Waals surface area contributed by atoms with E-state index in [0.717, 1.165) is 30.2 Å². The molecule has 0 aliphatic heterocycles. The monoisotopic (exact) mass is 369 g/mol. The number of esters is 1. The Morgan fingerprint density at radius 2 is 1.52 bits per heavy atom. The Bertz CT molecular complexity index is 738. The van der Waals surface area contributed by atoms with Crippen molar-refractivity contribution >= 4 is 28.9 Å². The number of anilines is 3. The molecule has 6 nitrogen and oxygen atoms in total. The lowest BCUT2D eigenvalue weighted by Crippen LogP contribution is -2.21. The lowest BCUT2D eigenvalue weighted by atomic mass is 10.2. The molecule has 0 spiro atoms. The van der Waals surface area contributed by atoms with Gasteiger partial charge in [0.25, 0.3) is 0 Å². The zero-order chi connectivity index (χ0) is 19.6. The van der Waals surface area contributed by atoms with Crippen molar-refractivity contribution in [3.63, 3.8) is 0 Å². The number of nitrogens with one attached hydrogen (secondary N) is 2.